The Bertz CT molecular complexity index is 1070. The third-order valence-corrected chi connectivity index (χ3v) is 6.30. The summed E-state index contributed by atoms with van der Waals surface area (Å²) in [5.41, 5.74) is 0.193. The zero-order valence-electron chi connectivity index (χ0n) is 18.0. The first-order chi connectivity index (χ1) is 14.8. The summed E-state index contributed by atoms with van der Waals surface area (Å²) in [7, 11) is 1.92. The number of fused-ring (bicyclic) bond motifs is 1. The minimum Gasteiger partial charge on any atom is -0.489 e. The number of hydrogen-bond donors (Lipinski definition) is 2. The molecule has 4 rings (SSSR count). The first kappa shape index (κ1) is 21.4. The van der Waals surface area contributed by atoms with Crippen molar-refractivity contribution >= 4 is 22.7 Å². The van der Waals surface area contributed by atoms with Crippen LogP contribution in [0, 0.1) is 11.7 Å². The molecule has 2 fully saturated rings. The van der Waals surface area contributed by atoms with Crippen molar-refractivity contribution in [2.24, 2.45) is 5.92 Å². The molecule has 31 heavy (non-hydrogen) atoms. The Morgan fingerprint density at radius 3 is 2.74 bits per heavy atom. The van der Waals surface area contributed by atoms with Gasteiger partial charge < -0.3 is 29.4 Å². The van der Waals surface area contributed by atoms with Gasteiger partial charge in [0.2, 0.25) is 5.43 Å². The summed E-state index contributed by atoms with van der Waals surface area (Å²) in [5.74, 6) is -0.182. The van der Waals surface area contributed by atoms with E-state index in [2.05, 4.69) is 12.2 Å². The summed E-state index contributed by atoms with van der Waals surface area (Å²) < 4.78 is 27.9. The molecule has 1 aliphatic carbocycles. The van der Waals surface area contributed by atoms with Crippen LogP contribution in [0.5, 0.6) is 11.5 Å². The van der Waals surface area contributed by atoms with Crippen molar-refractivity contribution in [3.05, 3.63) is 28.3 Å². The van der Waals surface area contributed by atoms with Crippen molar-refractivity contribution in [3.63, 3.8) is 0 Å². The van der Waals surface area contributed by atoms with Gasteiger partial charge in [0.1, 0.15) is 5.69 Å². The number of pyridine rings is 1. The summed E-state index contributed by atoms with van der Waals surface area (Å²) in [6, 6.07) is 1.58. The standard InChI is InChI=1S/C22H28FN3O5/c1-4-30-21-18-15(20(27)17(31-22(28)29)11-26(18)14-5-6-14)9-16(23)19(21)25-8-7-13(10-25)12(2)24-3/h9,11-14,24H,4-8,10H2,1-3H3,(H,28,29)/t12-,13+/m1/s1. The number of anilines is 1. The van der Waals surface area contributed by atoms with E-state index >= 15 is 4.39 Å². The van der Waals surface area contributed by atoms with Crippen LogP contribution >= 0.6 is 0 Å². The van der Waals surface area contributed by atoms with Gasteiger partial charge in [0, 0.05) is 25.2 Å². The monoisotopic (exact) mass is 433 g/mol. The molecular weight excluding hydrogens is 405 g/mol. The highest BCUT2D eigenvalue weighted by molar-refractivity contribution is 5.92. The number of halogens is 1. The highest BCUT2D eigenvalue weighted by atomic mass is 19.1. The molecule has 0 bridgehead atoms. The Hall–Kier alpha value is -2.81. The van der Waals surface area contributed by atoms with E-state index in [0.29, 0.717) is 48.6 Å². The molecule has 0 spiro atoms. The van der Waals surface area contributed by atoms with E-state index in [1.54, 1.807) is 0 Å². The summed E-state index contributed by atoms with van der Waals surface area (Å²) in [5, 5.41) is 12.3. The van der Waals surface area contributed by atoms with Crippen molar-refractivity contribution in [2.45, 2.75) is 45.2 Å². The lowest BCUT2D eigenvalue weighted by atomic mass is 10.0. The quantitative estimate of drug-likeness (QED) is 0.647. The molecule has 9 heteroatoms. The van der Waals surface area contributed by atoms with Crippen LogP contribution in [0.3, 0.4) is 0 Å². The number of ether oxygens (including phenoxy) is 2. The van der Waals surface area contributed by atoms with Crippen LogP contribution in [0.1, 0.15) is 39.2 Å². The lowest BCUT2D eigenvalue weighted by Gasteiger charge is -2.26. The Balaban J connectivity index is 1.91. The van der Waals surface area contributed by atoms with Gasteiger partial charge in [-0.3, -0.25) is 4.79 Å². The van der Waals surface area contributed by atoms with E-state index in [4.69, 9.17) is 14.6 Å². The Morgan fingerprint density at radius 1 is 1.39 bits per heavy atom. The van der Waals surface area contributed by atoms with Crippen LogP contribution in [0.4, 0.5) is 14.9 Å². The molecule has 2 heterocycles. The maximum Gasteiger partial charge on any atom is 0.511 e. The maximum absolute atomic E-state index is 15.4. The van der Waals surface area contributed by atoms with E-state index in [0.717, 1.165) is 19.3 Å². The molecule has 8 nitrogen and oxygen atoms in total. The number of carboxylic acid groups (broad SMARTS) is 1. The topological polar surface area (TPSA) is 93.0 Å². The molecule has 1 aliphatic heterocycles. The van der Waals surface area contributed by atoms with Gasteiger partial charge in [0.25, 0.3) is 0 Å². The number of rotatable bonds is 7. The molecular formula is C22H28FN3O5. The van der Waals surface area contributed by atoms with Gasteiger partial charge >= 0.3 is 6.16 Å². The minimum absolute atomic E-state index is 0.0645. The lowest BCUT2D eigenvalue weighted by Crippen LogP contribution is -2.33. The van der Waals surface area contributed by atoms with Crippen molar-refractivity contribution < 1.29 is 23.8 Å². The van der Waals surface area contributed by atoms with E-state index in [-0.39, 0.29) is 17.2 Å². The van der Waals surface area contributed by atoms with Crippen LogP contribution in [0.15, 0.2) is 17.1 Å². The minimum atomic E-state index is -1.58. The highest BCUT2D eigenvalue weighted by Crippen LogP contribution is 2.45. The molecule has 0 amide bonds. The summed E-state index contributed by atoms with van der Waals surface area (Å²) in [6.07, 6.45) is 2.52. The summed E-state index contributed by atoms with van der Waals surface area (Å²) in [6.45, 7) is 5.61. The third kappa shape index (κ3) is 3.94. The highest BCUT2D eigenvalue weighted by Gasteiger charge is 2.34. The van der Waals surface area contributed by atoms with Crippen LogP contribution < -0.4 is 25.1 Å². The summed E-state index contributed by atoms with van der Waals surface area (Å²) >= 11 is 0. The first-order valence-electron chi connectivity index (χ1n) is 10.7. The predicted octanol–water partition coefficient (Wildman–Crippen LogP) is 3.37. The number of aromatic nitrogens is 1. The average Bonchev–Trinajstić information content (AvgIpc) is 3.46. The van der Waals surface area contributed by atoms with Gasteiger partial charge in [-0.2, -0.15) is 0 Å². The third-order valence-electron chi connectivity index (χ3n) is 6.30. The van der Waals surface area contributed by atoms with Crippen LogP contribution in [0.2, 0.25) is 0 Å². The first-order valence-corrected chi connectivity index (χ1v) is 10.7. The second kappa shape index (κ2) is 8.37. The number of benzene rings is 1. The van der Waals surface area contributed by atoms with Gasteiger partial charge in [-0.15, -0.1) is 0 Å². The van der Waals surface area contributed by atoms with Crippen molar-refractivity contribution in [1.29, 1.82) is 0 Å². The van der Waals surface area contributed by atoms with E-state index in [1.807, 2.05) is 23.4 Å². The molecule has 1 aromatic carbocycles. The number of nitrogens with zero attached hydrogens (tertiary/aromatic N) is 2. The zero-order valence-corrected chi connectivity index (χ0v) is 18.0. The molecule has 1 aromatic heterocycles. The van der Waals surface area contributed by atoms with E-state index in [1.165, 1.54) is 12.3 Å². The zero-order chi connectivity index (χ0) is 22.3. The molecule has 2 atom stereocenters. The number of hydrogen-bond acceptors (Lipinski definition) is 6. The van der Waals surface area contributed by atoms with E-state index in [9.17, 15) is 9.59 Å². The van der Waals surface area contributed by atoms with Crippen LogP contribution in [-0.4, -0.2) is 48.6 Å². The number of nitrogens with one attached hydrogen (secondary N) is 1. The lowest BCUT2D eigenvalue weighted by molar-refractivity contribution is 0.143. The molecule has 0 radical (unpaired) electrons. The number of carbonyl (C=O) groups is 1. The second-order valence-electron chi connectivity index (χ2n) is 8.27. The van der Waals surface area contributed by atoms with E-state index < -0.39 is 17.4 Å². The Kier molecular flexibility index (Phi) is 5.79. The Morgan fingerprint density at radius 2 is 2.13 bits per heavy atom. The molecule has 2 N–H and O–H groups in total. The van der Waals surface area contributed by atoms with Gasteiger partial charge in [-0.05, 0) is 52.1 Å². The van der Waals surface area contributed by atoms with Crippen LogP contribution in [0.25, 0.3) is 10.9 Å². The van der Waals surface area contributed by atoms with Crippen LogP contribution in [-0.2, 0) is 0 Å². The maximum atomic E-state index is 15.4. The molecule has 1 saturated heterocycles. The fourth-order valence-corrected chi connectivity index (χ4v) is 4.44. The fraction of sp³-hybridized carbons (Fsp3) is 0.545. The molecule has 2 aromatic rings. The van der Waals surface area contributed by atoms with Crippen molar-refractivity contribution in [2.75, 3.05) is 31.6 Å². The van der Waals surface area contributed by atoms with Gasteiger partial charge in [-0.1, -0.05) is 0 Å². The largest absolute Gasteiger partial charge is 0.511 e. The molecule has 168 valence electrons. The van der Waals surface area contributed by atoms with Gasteiger partial charge in [-0.25, -0.2) is 9.18 Å². The average molecular weight is 433 g/mol. The van der Waals surface area contributed by atoms with Crippen molar-refractivity contribution in [3.8, 4) is 11.5 Å². The molecule has 0 unspecified atom stereocenters. The second-order valence-corrected chi connectivity index (χ2v) is 8.27. The fourth-order valence-electron chi connectivity index (χ4n) is 4.44. The van der Waals surface area contributed by atoms with Gasteiger partial charge in [0.05, 0.1) is 23.7 Å². The summed E-state index contributed by atoms with van der Waals surface area (Å²) in [4.78, 5) is 26.0. The SMILES string of the molecule is CCOc1c(N2CC[C@H]([C@@H](C)NC)C2)c(F)cc2c(=O)c(OC(=O)O)cn(C3CC3)c12. The molecule has 2 aliphatic rings. The predicted molar refractivity (Wildman–Crippen MR) is 115 cm³/mol. The smallest absolute Gasteiger partial charge is 0.489 e. The Labute approximate surface area is 179 Å². The van der Waals surface area contributed by atoms with Crippen molar-refractivity contribution in [1.82, 2.24) is 9.88 Å². The molecule has 1 saturated carbocycles. The van der Waals surface area contributed by atoms with Gasteiger partial charge in [0.15, 0.2) is 17.3 Å². The normalized spacial score (nSPS) is 19.6.